The van der Waals surface area contributed by atoms with Gasteiger partial charge in [-0.2, -0.15) is 23.0 Å². The summed E-state index contributed by atoms with van der Waals surface area (Å²) in [4.78, 5) is 11.9. The maximum atomic E-state index is 13.4. The third-order valence-corrected chi connectivity index (χ3v) is 4.38. The van der Waals surface area contributed by atoms with Crippen molar-refractivity contribution in [1.82, 2.24) is 20.0 Å². The molecule has 0 spiro atoms. The summed E-state index contributed by atoms with van der Waals surface area (Å²) in [5.74, 6) is -1.08. The molecule has 2 rings (SSSR count). The molecule has 0 aliphatic heterocycles. The maximum Gasteiger partial charge on any atom is 0.435 e. The van der Waals surface area contributed by atoms with Gasteiger partial charge in [-0.3, -0.25) is 4.79 Å². The van der Waals surface area contributed by atoms with Crippen LogP contribution in [0.3, 0.4) is 0 Å². The van der Waals surface area contributed by atoms with Crippen LogP contribution in [0.25, 0.3) is 5.82 Å². The monoisotopic (exact) mass is 405 g/mol. The van der Waals surface area contributed by atoms with Crippen molar-refractivity contribution in [3.63, 3.8) is 0 Å². The van der Waals surface area contributed by atoms with Crippen molar-refractivity contribution in [1.29, 1.82) is 0 Å². The molecule has 1 N–H and O–H groups in total. The number of anilines is 1. The molecule has 0 atom stereocenters. The van der Waals surface area contributed by atoms with E-state index in [0.29, 0.717) is 0 Å². The number of halogens is 3. The summed E-state index contributed by atoms with van der Waals surface area (Å²) < 4.78 is 63.9. The average molecular weight is 405 g/mol. The summed E-state index contributed by atoms with van der Waals surface area (Å²) in [7, 11) is -3.63. The number of ketones is 1. The average Bonchev–Trinajstić information content (AvgIpc) is 2.92. The molecule has 0 saturated heterocycles. The van der Waals surface area contributed by atoms with Gasteiger partial charge in [0.25, 0.3) is 0 Å². The van der Waals surface area contributed by atoms with Crippen LogP contribution in [0.1, 0.15) is 36.8 Å². The second-order valence-electron chi connectivity index (χ2n) is 6.31. The minimum Gasteiger partial charge on any atom is -0.369 e. The molecule has 0 aromatic carbocycles. The summed E-state index contributed by atoms with van der Waals surface area (Å²) in [6.07, 6.45) is -3.93. The molecule has 0 amide bonds. The van der Waals surface area contributed by atoms with Crippen molar-refractivity contribution in [3.05, 3.63) is 23.4 Å². The largest absolute Gasteiger partial charge is 0.435 e. The Morgan fingerprint density at radius 1 is 1.26 bits per heavy atom. The molecule has 0 unspecified atom stereocenters. The molecular weight excluding hydrogens is 387 g/mol. The molecule has 0 aliphatic rings. The fraction of sp³-hybridized carbons (Fsp3) is 0.467. The summed E-state index contributed by atoms with van der Waals surface area (Å²) in [6, 6.07) is 2.27. The van der Waals surface area contributed by atoms with E-state index in [4.69, 9.17) is 0 Å². The Balaban J connectivity index is 2.68. The first-order valence-corrected chi connectivity index (χ1v) is 9.70. The van der Waals surface area contributed by atoms with E-state index in [1.807, 2.05) is 13.8 Å². The van der Waals surface area contributed by atoms with Crippen molar-refractivity contribution >= 4 is 21.4 Å². The maximum absolute atomic E-state index is 13.4. The Morgan fingerprint density at radius 3 is 2.30 bits per heavy atom. The van der Waals surface area contributed by atoms with Gasteiger partial charge in [-0.15, -0.1) is 10.2 Å². The molecule has 2 aromatic rings. The highest BCUT2D eigenvalue weighted by molar-refractivity contribution is 7.90. The van der Waals surface area contributed by atoms with Crippen LogP contribution in [0.4, 0.5) is 19.0 Å². The molecule has 148 valence electrons. The van der Waals surface area contributed by atoms with Gasteiger partial charge in [0.05, 0.1) is 5.56 Å². The summed E-state index contributed by atoms with van der Waals surface area (Å²) in [6.45, 7) is 4.97. The first-order valence-electron chi connectivity index (χ1n) is 7.81. The number of hydrogen-bond donors (Lipinski definition) is 1. The van der Waals surface area contributed by atoms with Crippen LogP contribution in [0.5, 0.6) is 0 Å². The van der Waals surface area contributed by atoms with E-state index < -0.39 is 33.1 Å². The highest BCUT2D eigenvalue weighted by atomic mass is 32.2. The van der Waals surface area contributed by atoms with Gasteiger partial charge in [-0.05, 0) is 25.0 Å². The lowest BCUT2D eigenvalue weighted by molar-refractivity contribution is -0.141. The topological polar surface area (TPSA) is 107 Å². The zero-order valence-electron chi connectivity index (χ0n) is 15.0. The second kappa shape index (κ2) is 7.25. The van der Waals surface area contributed by atoms with Gasteiger partial charge in [-0.25, -0.2) is 8.42 Å². The minimum absolute atomic E-state index is 0.0705. The number of carbonyl (C=O) groups excluding carboxylic acids is 1. The van der Waals surface area contributed by atoms with E-state index in [1.54, 1.807) is 0 Å². The highest BCUT2D eigenvalue weighted by Gasteiger charge is 2.41. The zero-order chi connectivity index (χ0) is 20.6. The second-order valence-corrected chi connectivity index (χ2v) is 8.28. The Bertz CT molecular complexity index is 950. The smallest absolute Gasteiger partial charge is 0.369 e. The molecule has 0 aliphatic carbocycles. The van der Waals surface area contributed by atoms with E-state index in [0.717, 1.165) is 23.9 Å². The minimum atomic E-state index is -4.86. The number of hydrogen-bond acceptors (Lipinski definition) is 7. The molecule has 8 nitrogen and oxygen atoms in total. The normalized spacial score (nSPS) is 12.4. The molecule has 0 radical (unpaired) electrons. The molecule has 27 heavy (non-hydrogen) atoms. The van der Waals surface area contributed by atoms with E-state index in [2.05, 4.69) is 20.6 Å². The van der Waals surface area contributed by atoms with Gasteiger partial charge < -0.3 is 5.32 Å². The van der Waals surface area contributed by atoms with Gasteiger partial charge in [0, 0.05) is 12.8 Å². The van der Waals surface area contributed by atoms with Crippen molar-refractivity contribution in [2.75, 3.05) is 18.1 Å². The lowest BCUT2D eigenvalue weighted by atomic mass is 10.1. The Hall–Kier alpha value is -2.50. The Morgan fingerprint density at radius 2 is 1.89 bits per heavy atom. The predicted octanol–water partition coefficient (Wildman–Crippen LogP) is 2.36. The third-order valence-electron chi connectivity index (χ3n) is 3.41. The number of rotatable bonds is 6. The quantitative estimate of drug-likeness (QED) is 0.735. The number of carbonyl (C=O) groups is 1. The van der Waals surface area contributed by atoms with Crippen LogP contribution in [-0.4, -0.2) is 47.0 Å². The standard InChI is InChI=1S/C15H18F3N5O3S/c1-8(2)7-19-14-12(9(3)24)13(15(16,17)18)22-23(14)10-5-6-11(21-20-10)27(4,25)26/h5-6,8,19H,7H2,1-4H3. The van der Waals surface area contributed by atoms with Gasteiger partial charge in [0.15, 0.2) is 32.2 Å². The fourth-order valence-electron chi connectivity index (χ4n) is 2.20. The highest BCUT2D eigenvalue weighted by Crippen LogP contribution is 2.36. The van der Waals surface area contributed by atoms with Crippen LogP contribution >= 0.6 is 0 Å². The summed E-state index contributed by atoms with van der Waals surface area (Å²) in [5.41, 5.74) is -1.97. The molecule has 2 heterocycles. The molecular formula is C15H18F3N5O3S. The Labute approximate surface area is 153 Å². The number of sulfone groups is 1. The number of nitrogens with one attached hydrogen (secondary N) is 1. The van der Waals surface area contributed by atoms with Crippen molar-refractivity contribution < 1.29 is 26.4 Å². The van der Waals surface area contributed by atoms with Crippen LogP contribution in [0, 0.1) is 5.92 Å². The predicted molar refractivity (Wildman–Crippen MR) is 90.6 cm³/mol. The van der Waals surface area contributed by atoms with Crippen LogP contribution < -0.4 is 5.32 Å². The number of nitrogens with zero attached hydrogens (tertiary/aromatic N) is 4. The summed E-state index contributed by atoms with van der Waals surface area (Å²) >= 11 is 0. The third kappa shape index (κ3) is 4.62. The van der Waals surface area contributed by atoms with Gasteiger partial charge >= 0.3 is 6.18 Å². The SMILES string of the molecule is CC(=O)c1c(C(F)(F)F)nn(-c2ccc(S(C)(=O)=O)nn2)c1NCC(C)C. The van der Waals surface area contributed by atoms with Crippen molar-refractivity contribution in [2.45, 2.75) is 32.0 Å². The van der Waals surface area contributed by atoms with Crippen LogP contribution in [-0.2, 0) is 16.0 Å². The van der Waals surface area contributed by atoms with E-state index in [-0.39, 0.29) is 29.1 Å². The Kier molecular flexibility index (Phi) is 5.59. The van der Waals surface area contributed by atoms with Gasteiger partial charge in [0.2, 0.25) is 0 Å². The first-order chi connectivity index (χ1) is 12.3. The summed E-state index contributed by atoms with van der Waals surface area (Å²) in [5, 5.41) is 13.1. The lowest BCUT2D eigenvalue weighted by Gasteiger charge is -2.12. The number of aromatic nitrogens is 4. The van der Waals surface area contributed by atoms with Crippen molar-refractivity contribution in [3.8, 4) is 5.82 Å². The molecule has 0 bridgehead atoms. The molecule has 0 fully saturated rings. The molecule has 0 saturated carbocycles. The van der Waals surface area contributed by atoms with E-state index in [1.165, 1.54) is 6.07 Å². The zero-order valence-corrected chi connectivity index (χ0v) is 15.8. The van der Waals surface area contributed by atoms with Gasteiger partial charge in [0.1, 0.15) is 5.82 Å². The van der Waals surface area contributed by atoms with Gasteiger partial charge in [-0.1, -0.05) is 13.8 Å². The van der Waals surface area contributed by atoms with Crippen LogP contribution in [0.15, 0.2) is 17.2 Å². The van der Waals surface area contributed by atoms with Crippen LogP contribution in [0.2, 0.25) is 0 Å². The number of Topliss-reactive ketones (excluding diaryl/α,β-unsaturated/α-hetero) is 1. The van der Waals surface area contributed by atoms with E-state index >= 15 is 0 Å². The van der Waals surface area contributed by atoms with E-state index in [9.17, 15) is 26.4 Å². The molecule has 12 heteroatoms. The number of alkyl halides is 3. The van der Waals surface area contributed by atoms with Crippen molar-refractivity contribution in [2.24, 2.45) is 5.92 Å². The first kappa shape index (κ1) is 20.8. The molecule has 2 aromatic heterocycles. The lowest BCUT2D eigenvalue weighted by Crippen LogP contribution is -2.15. The fourth-order valence-corrected chi connectivity index (χ4v) is 2.71.